The molecular formula is C21H15N3O3S. The van der Waals surface area contributed by atoms with Gasteiger partial charge in [-0.2, -0.15) is 5.26 Å². The van der Waals surface area contributed by atoms with E-state index in [1.165, 1.54) is 17.5 Å². The Morgan fingerprint density at radius 2 is 2.00 bits per heavy atom. The van der Waals surface area contributed by atoms with Crippen LogP contribution in [0.5, 0.6) is 5.75 Å². The molecule has 0 bridgehead atoms. The predicted octanol–water partition coefficient (Wildman–Crippen LogP) is 4.09. The van der Waals surface area contributed by atoms with E-state index in [2.05, 4.69) is 10.3 Å². The Bertz CT molecular complexity index is 1330. The van der Waals surface area contributed by atoms with E-state index in [4.69, 9.17) is 5.26 Å². The predicted molar refractivity (Wildman–Crippen MR) is 106 cm³/mol. The summed E-state index contributed by atoms with van der Waals surface area (Å²) in [6, 6.07) is 11.7. The molecule has 6 nitrogen and oxygen atoms in total. The lowest BCUT2D eigenvalue weighted by molar-refractivity contribution is 0.475. The topological polar surface area (TPSA) is 103 Å². The van der Waals surface area contributed by atoms with Crippen molar-refractivity contribution in [3.8, 4) is 11.8 Å². The molecule has 0 unspecified atom stereocenters. The SMILES string of the molecule is N#Cc1cc(O)cc(Nc2ccnc3cc4c(cc23)S(=O)(=O)C=C4C2CC2)c1. The van der Waals surface area contributed by atoms with E-state index in [0.29, 0.717) is 38.7 Å². The molecule has 1 aliphatic carbocycles. The van der Waals surface area contributed by atoms with Crippen molar-refractivity contribution in [3.63, 3.8) is 0 Å². The molecule has 1 saturated carbocycles. The van der Waals surface area contributed by atoms with Gasteiger partial charge in [0.05, 0.1) is 22.0 Å². The summed E-state index contributed by atoms with van der Waals surface area (Å²) < 4.78 is 25.3. The molecule has 1 aliphatic heterocycles. The molecule has 2 aliphatic rings. The second-order valence-electron chi connectivity index (χ2n) is 7.12. The van der Waals surface area contributed by atoms with Gasteiger partial charge in [-0.3, -0.25) is 4.98 Å². The van der Waals surface area contributed by atoms with Crippen LogP contribution in [0.15, 0.2) is 52.9 Å². The third kappa shape index (κ3) is 2.70. The number of nitrogens with zero attached hydrogens (tertiary/aromatic N) is 2. The maximum Gasteiger partial charge on any atom is 0.200 e. The van der Waals surface area contributed by atoms with Crippen LogP contribution in [0.1, 0.15) is 24.0 Å². The molecule has 0 atom stereocenters. The largest absolute Gasteiger partial charge is 0.508 e. The molecule has 1 aromatic heterocycles. The minimum absolute atomic E-state index is 0.0262. The number of nitrogens with one attached hydrogen (secondary N) is 1. The lowest BCUT2D eigenvalue weighted by atomic mass is 10.0. The van der Waals surface area contributed by atoms with Crippen molar-refractivity contribution in [2.24, 2.45) is 5.92 Å². The number of phenols is 1. The number of aromatic nitrogens is 1. The van der Waals surface area contributed by atoms with E-state index in [-0.39, 0.29) is 5.75 Å². The van der Waals surface area contributed by atoms with Gasteiger partial charge in [-0.15, -0.1) is 0 Å². The van der Waals surface area contributed by atoms with Gasteiger partial charge in [0.2, 0.25) is 9.84 Å². The van der Waals surface area contributed by atoms with Crippen LogP contribution in [0, 0.1) is 17.2 Å². The van der Waals surface area contributed by atoms with Gasteiger partial charge in [0, 0.05) is 34.4 Å². The van der Waals surface area contributed by atoms with Crippen molar-refractivity contribution >= 4 is 37.7 Å². The number of hydrogen-bond acceptors (Lipinski definition) is 6. The molecule has 28 heavy (non-hydrogen) atoms. The first-order valence-corrected chi connectivity index (χ1v) is 10.4. The fourth-order valence-corrected chi connectivity index (χ4v) is 5.20. The van der Waals surface area contributed by atoms with Crippen molar-refractivity contribution in [2.45, 2.75) is 17.7 Å². The number of hydrogen-bond donors (Lipinski definition) is 2. The highest BCUT2D eigenvalue weighted by atomic mass is 32.2. The first-order chi connectivity index (χ1) is 13.4. The molecule has 2 N–H and O–H groups in total. The van der Waals surface area contributed by atoms with E-state index < -0.39 is 9.84 Å². The molecule has 0 amide bonds. The third-order valence-electron chi connectivity index (χ3n) is 5.09. The van der Waals surface area contributed by atoms with Crippen molar-refractivity contribution < 1.29 is 13.5 Å². The number of phenolic OH excluding ortho intramolecular Hbond substituents is 1. The van der Waals surface area contributed by atoms with Crippen molar-refractivity contribution in [1.29, 1.82) is 5.26 Å². The molecule has 5 rings (SSSR count). The highest BCUT2D eigenvalue weighted by Gasteiger charge is 2.36. The zero-order chi connectivity index (χ0) is 19.5. The number of pyridine rings is 1. The van der Waals surface area contributed by atoms with Crippen LogP contribution in [0.2, 0.25) is 0 Å². The molecule has 3 aromatic rings. The number of rotatable bonds is 3. The van der Waals surface area contributed by atoms with Crippen LogP contribution >= 0.6 is 0 Å². The summed E-state index contributed by atoms with van der Waals surface area (Å²) in [4.78, 5) is 4.72. The summed E-state index contributed by atoms with van der Waals surface area (Å²) in [5.41, 5.74) is 3.84. The number of aromatic hydroxyl groups is 1. The van der Waals surface area contributed by atoms with Gasteiger partial charge in [-0.1, -0.05) is 0 Å². The second kappa shape index (κ2) is 5.81. The zero-order valence-corrected chi connectivity index (χ0v) is 15.5. The summed E-state index contributed by atoms with van der Waals surface area (Å²) in [6.07, 6.45) is 3.69. The monoisotopic (exact) mass is 389 g/mol. The van der Waals surface area contributed by atoms with Gasteiger partial charge < -0.3 is 10.4 Å². The second-order valence-corrected chi connectivity index (χ2v) is 8.89. The molecule has 2 heterocycles. The summed E-state index contributed by atoms with van der Waals surface area (Å²) in [5.74, 6) is 0.299. The molecule has 0 spiro atoms. The normalized spacial score (nSPS) is 17.0. The van der Waals surface area contributed by atoms with Crippen molar-refractivity contribution in [3.05, 3.63) is 59.1 Å². The van der Waals surface area contributed by atoms with Crippen molar-refractivity contribution in [1.82, 2.24) is 4.98 Å². The summed E-state index contributed by atoms with van der Waals surface area (Å²) in [7, 11) is -3.46. The fraction of sp³-hybridized carbons (Fsp3) is 0.143. The van der Waals surface area contributed by atoms with Crippen LogP contribution in [0.25, 0.3) is 16.5 Å². The highest BCUT2D eigenvalue weighted by Crippen LogP contribution is 2.49. The molecular weight excluding hydrogens is 374 g/mol. The van der Waals surface area contributed by atoms with Crippen molar-refractivity contribution in [2.75, 3.05) is 5.32 Å². The molecule has 138 valence electrons. The Kier molecular flexibility index (Phi) is 3.48. The molecule has 0 saturated heterocycles. The van der Waals surface area contributed by atoms with Crippen LogP contribution < -0.4 is 5.32 Å². The quantitative estimate of drug-likeness (QED) is 0.699. The smallest absolute Gasteiger partial charge is 0.200 e. The fourth-order valence-electron chi connectivity index (χ4n) is 3.65. The van der Waals surface area contributed by atoms with Crippen LogP contribution in [-0.2, 0) is 9.84 Å². The maximum absolute atomic E-state index is 12.7. The number of anilines is 2. The van der Waals surface area contributed by atoms with E-state index in [1.54, 1.807) is 24.4 Å². The number of fused-ring (bicyclic) bond motifs is 2. The van der Waals surface area contributed by atoms with Crippen LogP contribution in [0.4, 0.5) is 11.4 Å². The van der Waals surface area contributed by atoms with Crippen LogP contribution in [0.3, 0.4) is 0 Å². The van der Waals surface area contributed by atoms with E-state index in [1.807, 2.05) is 12.1 Å². The third-order valence-corrected chi connectivity index (χ3v) is 6.60. The Hall–Kier alpha value is -3.37. The molecule has 7 heteroatoms. The Balaban J connectivity index is 1.65. The standard InChI is InChI=1S/C21H15N3O3S/c22-10-12-5-14(7-15(25)6-12)24-19-3-4-23-20-8-16-18(13-1-2-13)11-28(26,27)21(16)9-17(19)20/h3-9,11,13,25H,1-2H2,(H,23,24). The van der Waals surface area contributed by atoms with Gasteiger partial charge in [-0.05, 0) is 60.2 Å². The average Bonchev–Trinajstić information content (AvgIpc) is 3.46. The summed E-state index contributed by atoms with van der Waals surface area (Å²) in [6.45, 7) is 0. The van der Waals surface area contributed by atoms with Gasteiger partial charge >= 0.3 is 0 Å². The zero-order valence-electron chi connectivity index (χ0n) is 14.7. The minimum atomic E-state index is -3.46. The first kappa shape index (κ1) is 16.8. The van der Waals surface area contributed by atoms with E-state index in [9.17, 15) is 13.5 Å². The number of nitriles is 1. The van der Waals surface area contributed by atoms with Crippen LogP contribution in [-0.4, -0.2) is 18.5 Å². The highest BCUT2D eigenvalue weighted by molar-refractivity contribution is 7.95. The Morgan fingerprint density at radius 3 is 2.75 bits per heavy atom. The van der Waals surface area contributed by atoms with Gasteiger partial charge in [0.25, 0.3) is 0 Å². The summed E-state index contributed by atoms with van der Waals surface area (Å²) >= 11 is 0. The number of sulfone groups is 1. The lowest BCUT2D eigenvalue weighted by Gasteiger charge is -2.12. The number of allylic oxidation sites excluding steroid dienone is 1. The van der Waals surface area contributed by atoms with Gasteiger partial charge in [-0.25, -0.2) is 8.42 Å². The van der Waals surface area contributed by atoms with Gasteiger partial charge in [0.1, 0.15) is 5.75 Å². The molecule has 1 fully saturated rings. The Morgan fingerprint density at radius 1 is 1.18 bits per heavy atom. The van der Waals surface area contributed by atoms with E-state index >= 15 is 0 Å². The van der Waals surface area contributed by atoms with E-state index in [0.717, 1.165) is 24.0 Å². The molecule has 0 radical (unpaired) electrons. The maximum atomic E-state index is 12.7. The lowest BCUT2D eigenvalue weighted by Crippen LogP contribution is -1.97. The molecule has 2 aromatic carbocycles. The summed E-state index contributed by atoms with van der Waals surface area (Å²) in [5, 5.41) is 24.1. The number of benzene rings is 2. The Labute approximate surface area is 161 Å². The first-order valence-electron chi connectivity index (χ1n) is 8.85. The minimum Gasteiger partial charge on any atom is -0.508 e. The average molecular weight is 389 g/mol. The van der Waals surface area contributed by atoms with Gasteiger partial charge in [0.15, 0.2) is 0 Å².